The molecule has 1 aliphatic rings. The molecular weight excluding hydrogens is 450 g/mol. The zero-order valence-electron chi connectivity index (χ0n) is 19.3. The number of ether oxygens (including phenoxy) is 1. The number of benzene rings is 2. The van der Waals surface area contributed by atoms with Crippen LogP contribution in [0.25, 0.3) is 11.1 Å². The lowest BCUT2D eigenvalue weighted by Gasteiger charge is -2.25. The number of aliphatic hydroxyl groups is 1. The monoisotopic (exact) mass is 479 g/mol. The van der Waals surface area contributed by atoms with Gasteiger partial charge in [-0.3, -0.25) is 9.69 Å². The number of hydrogen-bond donors (Lipinski definition) is 3. The van der Waals surface area contributed by atoms with Gasteiger partial charge >= 0.3 is 5.97 Å². The number of nitrogens with zero attached hydrogens (tertiary/aromatic N) is 2. The third-order valence-corrected chi connectivity index (χ3v) is 5.95. The van der Waals surface area contributed by atoms with Crippen LogP contribution >= 0.6 is 0 Å². The maximum atomic E-state index is 12.8. The lowest BCUT2D eigenvalue weighted by atomic mass is 9.97. The van der Waals surface area contributed by atoms with Crippen molar-refractivity contribution in [3.8, 4) is 11.1 Å². The van der Waals surface area contributed by atoms with Crippen LogP contribution in [0.4, 0.5) is 0 Å². The first-order valence-corrected chi connectivity index (χ1v) is 11.6. The van der Waals surface area contributed by atoms with E-state index in [2.05, 4.69) is 15.4 Å². The summed E-state index contributed by atoms with van der Waals surface area (Å²) in [6, 6.07) is 18.7. The molecule has 1 aromatic heterocycles. The molecule has 2 aromatic carbocycles. The zero-order chi connectivity index (χ0) is 24.6. The van der Waals surface area contributed by atoms with Gasteiger partial charge in [0.25, 0.3) is 5.91 Å². The molecule has 2 atom stereocenters. The van der Waals surface area contributed by atoms with Crippen molar-refractivity contribution in [2.45, 2.75) is 31.5 Å². The predicted molar refractivity (Wildman–Crippen MR) is 128 cm³/mol. The molecule has 184 valence electrons. The van der Waals surface area contributed by atoms with Crippen molar-refractivity contribution in [3.63, 3.8) is 0 Å². The fraction of sp³-hybridized carbons (Fsp3) is 0.346. The molecule has 1 amide bonds. The Morgan fingerprint density at radius 1 is 1.03 bits per heavy atom. The minimum atomic E-state index is -1.60. The molecule has 9 nitrogen and oxygen atoms in total. The van der Waals surface area contributed by atoms with Gasteiger partial charge in [0.05, 0.1) is 19.8 Å². The maximum absolute atomic E-state index is 12.8. The molecule has 1 saturated heterocycles. The molecular formula is C26H29N3O6. The summed E-state index contributed by atoms with van der Waals surface area (Å²) < 4.78 is 10.7. The quantitative estimate of drug-likeness (QED) is 0.405. The molecule has 0 unspecified atom stereocenters. The topological polar surface area (TPSA) is 125 Å². The number of carboxylic acids is 1. The molecule has 35 heavy (non-hydrogen) atoms. The first-order chi connectivity index (χ1) is 17.0. The highest BCUT2D eigenvalue weighted by Crippen LogP contribution is 2.20. The van der Waals surface area contributed by atoms with E-state index in [1.165, 1.54) is 0 Å². The minimum Gasteiger partial charge on any atom is -0.479 e. The molecule has 0 bridgehead atoms. The Labute approximate surface area is 203 Å². The lowest BCUT2D eigenvalue weighted by Crippen LogP contribution is -2.40. The standard InChI is InChI=1S/C26H29N3O6/c30-24(26(32)33)15-21(14-18-6-8-20(9-7-18)19-4-2-1-3-5-19)27-25(31)23-16-22(35-28-23)17-29-10-12-34-13-11-29/h1-9,16,21,24,30H,10-15,17H2,(H,27,31)(H,32,33)/t21-,24-/m1/s1. The average Bonchev–Trinajstić information content (AvgIpc) is 3.34. The Balaban J connectivity index is 1.41. The van der Waals surface area contributed by atoms with Gasteiger partial charge in [-0.15, -0.1) is 0 Å². The highest BCUT2D eigenvalue weighted by molar-refractivity contribution is 5.92. The fourth-order valence-corrected chi connectivity index (χ4v) is 4.05. The van der Waals surface area contributed by atoms with E-state index < -0.39 is 24.0 Å². The number of nitrogens with one attached hydrogen (secondary N) is 1. The smallest absolute Gasteiger partial charge is 0.332 e. The Morgan fingerprint density at radius 3 is 2.40 bits per heavy atom. The molecule has 9 heteroatoms. The van der Waals surface area contributed by atoms with Crippen molar-refractivity contribution in [2.75, 3.05) is 26.3 Å². The van der Waals surface area contributed by atoms with Gasteiger partial charge in [-0.25, -0.2) is 4.79 Å². The predicted octanol–water partition coefficient (Wildman–Crippen LogP) is 2.35. The average molecular weight is 480 g/mol. The summed E-state index contributed by atoms with van der Waals surface area (Å²) in [5.74, 6) is -1.25. The number of carbonyl (C=O) groups is 2. The summed E-state index contributed by atoms with van der Waals surface area (Å²) in [6.07, 6.45) is -1.39. The highest BCUT2D eigenvalue weighted by Gasteiger charge is 2.24. The van der Waals surface area contributed by atoms with Crippen molar-refractivity contribution < 1.29 is 29.1 Å². The molecule has 1 fully saturated rings. The van der Waals surface area contributed by atoms with Crippen molar-refractivity contribution in [2.24, 2.45) is 0 Å². The highest BCUT2D eigenvalue weighted by atomic mass is 16.5. The van der Waals surface area contributed by atoms with Gasteiger partial charge in [0, 0.05) is 31.6 Å². The first kappa shape index (κ1) is 24.6. The van der Waals surface area contributed by atoms with Gasteiger partial charge in [-0.05, 0) is 23.1 Å². The Hall–Kier alpha value is -3.53. The van der Waals surface area contributed by atoms with E-state index in [0.717, 1.165) is 29.8 Å². The van der Waals surface area contributed by atoms with Crippen LogP contribution in [0.5, 0.6) is 0 Å². The number of rotatable bonds is 10. The van der Waals surface area contributed by atoms with Crippen LogP contribution in [0, 0.1) is 0 Å². The van der Waals surface area contributed by atoms with Gasteiger partial charge in [0.1, 0.15) is 0 Å². The van der Waals surface area contributed by atoms with Crippen LogP contribution in [0.3, 0.4) is 0 Å². The number of hydrogen-bond acceptors (Lipinski definition) is 7. The largest absolute Gasteiger partial charge is 0.479 e. The minimum absolute atomic E-state index is 0.113. The van der Waals surface area contributed by atoms with Gasteiger partial charge in [0.2, 0.25) is 0 Å². The summed E-state index contributed by atoms with van der Waals surface area (Å²) in [5.41, 5.74) is 3.16. The molecule has 4 rings (SSSR count). The lowest BCUT2D eigenvalue weighted by molar-refractivity contribution is -0.147. The van der Waals surface area contributed by atoms with E-state index in [1.54, 1.807) is 6.07 Å². The van der Waals surface area contributed by atoms with Crippen LogP contribution in [-0.4, -0.2) is 70.6 Å². The molecule has 0 spiro atoms. The molecule has 1 aliphatic heterocycles. The van der Waals surface area contributed by atoms with E-state index >= 15 is 0 Å². The van der Waals surface area contributed by atoms with Gasteiger partial charge in [-0.2, -0.15) is 0 Å². The number of aromatic nitrogens is 1. The summed E-state index contributed by atoms with van der Waals surface area (Å²) >= 11 is 0. The second kappa shape index (κ2) is 11.7. The third-order valence-electron chi connectivity index (χ3n) is 5.95. The normalized spacial score (nSPS) is 15.9. The second-order valence-corrected chi connectivity index (χ2v) is 8.59. The van der Waals surface area contributed by atoms with Crippen molar-refractivity contribution in [3.05, 3.63) is 77.7 Å². The molecule has 0 radical (unpaired) electrons. The number of aliphatic carboxylic acids is 1. The number of carboxylic acid groups (broad SMARTS) is 1. The molecule has 0 saturated carbocycles. The van der Waals surface area contributed by atoms with E-state index in [0.29, 0.717) is 31.9 Å². The van der Waals surface area contributed by atoms with Crippen LogP contribution in [0.2, 0.25) is 0 Å². The summed E-state index contributed by atoms with van der Waals surface area (Å²) in [7, 11) is 0. The molecule has 3 aromatic rings. The molecule has 3 N–H and O–H groups in total. The van der Waals surface area contributed by atoms with Crippen LogP contribution in [0.15, 0.2) is 65.2 Å². The van der Waals surface area contributed by atoms with Crippen LogP contribution < -0.4 is 5.32 Å². The Kier molecular flexibility index (Phi) is 8.25. The van der Waals surface area contributed by atoms with Gasteiger partial charge in [0.15, 0.2) is 17.6 Å². The first-order valence-electron chi connectivity index (χ1n) is 11.6. The van der Waals surface area contributed by atoms with Gasteiger partial charge < -0.3 is 24.8 Å². The summed E-state index contributed by atoms with van der Waals surface area (Å²) in [5, 5.41) is 25.8. The summed E-state index contributed by atoms with van der Waals surface area (Å²) in [4.78, 5) is 26.2. The SMILES string of the molecule is O=C(N[C@H](Cc1ccc(-c2ccccc2)cc1)C[C@@H](O)C(=O)O)c1cc(CN2CCOCC2)on1. The van der Waals surface area contributed by atoms with E-state index in [-0.39, 0.29) is 12.1 Å². The third kappa shape index (κ3) is 6.98. The number of carbonyl (C=O) groups excluding carboxylic acids is 1. The summed E-state index contributed by atoms with van der Waals surface area (Å²) in [6.45, 7) is 3.39. The number of aliphatic hydroxyl groups excluding tert-OH is 1. The van der Waals surface area contributed by atoms with Crippen molar-refractivity contribution in [1.29, 1.82) is 0 Å². The van der Waals surface area contributed by atoms with Crippen molar-refractivity contribution >= 4 is 11.9 Å². The van der Waals surface area contributed by atoms with Crippen LogP contribution in [-0.2, 0) is 22.5 Å². The number of amides is 1. The van der Waals surface area contributed by atoms with Crippen molar-refractivity contribution in [1.82, 2.24) is 15.4 Å². The fourth-order valence-electron chi connectivity index (χ4n) is 4.05. The van der Waals surface area contributed by atoms with E-state index in [9.17, 15) is 14.7 Å². The Morgan fingerprint density at radius 2 is 1.71 bits per heavy atom. The maximum Gasteiger partial charge on any atom is 0.332 e. The number of morpholine rings is 1. The second-order valence-electron chi connectivity index (χ2n) is 8.59. The van der Waals surface area contributed by atoms with E-state index in [4.69, 9.17) is 14.4 Å². The van der Waals surface area contributed by atoms with Gasteiger partial charge in [-0.1, -0.05) is 59.8 Å². The Bertz CT molecular complexity index is 1110. The molecule has 2 heterocycles. The van der Waals surface area contributed by atoms with Crippen LogP contribution in [0.1, 0.15) is 28.2 Å². The van der Waals surface area contributed by atoms with E-state index in [1.807, 2.05) is 54.6 Å². The zero-order valence-corrected chi connectivity index (χ0v) is 19.3. The molecule has 0 aliphatic carbocycles.